The van der Waals surface area contributed by atoms with Gasteiger partial charge in [0.25, 0.3) is 0 Å². The number of carboxylic acid groups (broad SMARTS) is 1. The number of benzene rings is 2. The molecule has 0 saturated heterocycles. The predicted molar refractivity (Wildman–Crippen MR) is 85.1 cm³/mol. The Balaban J connectivity index is 1.88. The maximum atomic E-state index is 10.9. The lowest BCUT2D eigenvalue weighted by molar-refractivity contribution is -0.138. The van der Waals surface area contributed by atoms with Gasteiger partial charge >= 0.3 is 5.97 Å². The third-order valence-corrected chi connectivity index (χ3v) is 3.77. The summed E-state index contributed by atoms with van der Waals surface area (Å²) in [6.45, 7) is 2.74. The van der Waals surface area contributed by atoms with Crippen molar-refractivity contribution in [1.29, 1.82) is 0 Å². The van der Waals surface area contributed by atoms with Crippen LogP contribution in [0.15, 0.2) is 53.0 Å². The number of halogens is 1. The zero-order chi connectivity index (χ0) is 15.2. The molecule has 0 radical (unpaired) electrons. The fraction of sp³-hybridized carbons (Fsp3) is 0.235. The second-order valence-corrected chi connectivity index (χ2v) is 5.84. The van der Waals surface area contributed by atoms with E-state index in [2.05, 4.69) is 15.9 Å². The van der Waals surface area contributed by atoms with Gasteiger partial charge in [-0.3, -0.25) is 4.79 Å². The Morgan fingerprint density at radius 2 is 1.81 bits per heavy atom. The van der Waals surface area contributed by atoms with Crippen molar-refractivity contribution in [2.75, 3.05) is 0 Å². The number of hydrogen-bond acceptors (Lipinski definition) is 2. The van der Waals surface area contributed by atoms with Gasteiger partial charge in [0.15, 0.2) is 0 Å². The van der Waals surface area contributed by atoms with E-state index in [1.54, 1.807) is 6.92 Å². The standard InChI is InChI=1S/C17H17BrO3/c1-12(17(19)20)15-7-5-13(6-8-15)10-21-11-14-3-2-4-16(18)9-14/h2-9,12H,10-11H2,1H3,(H,19,20). The van der Waals surface area contributed by atoms with E-state index in [1.165, 1.54) is 0 Å². The summed E-state index contributed by atoms with van der Waals surface area (Å²) in [4.78, 5) is 10.9. The van der Waals surface area contributed by atoms with Crippen LogP contribution in [0.5, 0.6) is 0 Å². The SMILES string of the molecule is CC(C(=O)O)c1ccc(COCc2cccc(Br)c2)cc1. The molecule has 0 amide bonds. The van der Waals surface area contributed by atoms with E-state index in [0.717, 1.165) is 21.2 Å². The Bertz CT molecular complexity index is 608. The van der Waals surface area contributed by atoms with E-state index in [9.17, 15) is 4.79 Å². The first-order valence-electron chi connectivity index (χ1n) is 6.70. The number of ether oxygens (including phenoxy) is 1. The highest BCUT2D eigenvalue weighted by molar-refractivity contribution is 9.10. The van der Waals surface area contributed by atoms with Crippen molar-refractivity contribution < 1.29 is 14.6 Å². The number of carbonyl (C=O) groups is 1. The lowest BCUT2D eigenvalue weighted by Gasteiger charge is -2.08. The van der Waals surface area contributed by atoms with Gasteiger partial charge in [0.1, 0.15) is 0 Å². The van der Waals surface area contributed by atoms with Crippen LogP contribution >= 0.6 is 15.9 Å². The zero-order valence-corrected chi connectivity index (χ0v) is 13.3. The van der Waals surface area contributed by atoms with Crippen LogP contribution in [-0.4, -0.2) is 11.1 Å². The Hall–Kier alpha value is -1.65. The van der Waals surface area contributed by atoms with Gasteiger partial charge < -0.3 is 9.84 Å². The van der Waals surface area contributed by atoms with Crippen molar-refractivity contribution in [2.24, 2.45) is 0 Å². The highest BCUT2D eigenvalue weighted by Gasteiger charge is 2.12. The molecule has 0 fully saturated rings. The van der Waals surface area contributed by atoms with Crippen molar-refractivity contribution >= 4 is 21.9 Å². The first-order chi connectivity index (χ1) is 10.1. The van der Waals surface area contributed by atoms with Gasteiger partial charge in [-0.05, 0) is 35.7 Å². The van der Waals surface area contributed by atoms with Gasteiger partial charge in [-0.2, -0.15) is 0 Å². The monoisotopic (exact) mass is 348 g/mol. The van der Waals surface area contributed by atoms with Crippen LogP contribution in [0.4, 0.5) is 0 Å². The molecule has 3 nitrogen and oxygen atoms in total. The molecule has 0 aromatic heterocycles. The Morgan fingerprint density at radius 3 is 2.43 bits per heavy atom. The Morgan fingerprint density at radius 1 is 1.14 bits per heavy atom. The van der Waals surface area contributed by atoms with Crippen molar-refractivity contribution in [3.8, 4) is 0 Å². The van der Waals surface area contributed by atoms with Crippen LogP contribution in [0.2, 0.25) is 0 Å². The minimum atomic E-state index is -0.811. The fourth-order valence-electron chi connectivity index (χ4n) is 1.96. The van der Waals surface area contributed by atoms with Crippen molar-refractivity contribution in [2.45, 2.75) is 26.1 Å². The molecule has 2 rings (SSSR count). The summed E-state index contributed by atoms with van der Waals surface area (Å²) in [5.41, 5.74) is 2.95. The van der Waals surface area contributed by atoms with Gasteiger partial charge in [-0.25, -0.2) is 0 Å². The summed E-state index contributed by atoms with van der Waals surface area (Å²) in [5.74, 6) is -1.30. The molecule has 1 N–H and O–H groups in total. The molecule has 110 valence electrons. The topological polar surface area (TPSA) is 46.5 Å². The first-order valence-corrected chi connectivity index (χ1v) is 7.49. The van der Waals surface area contributed by atoms with Gasteiger partial charge in [-0.15, -0.1) is 0 Å². The van der Waals surface area contributed by atoms with Crippen LogP contribution in [0.3, 0.4) is 0 Å². The van der Waals surface area contributed by atoms with Crippen molar-refractivity contribution in [1.82, 2.24) is 0 Å². The molecular formula is C17H17BrO3. The van der Waals surface area contributed by atoms with E-state index in [0.29, 0.717) is 13.2 Å². The van der Waals surface area contributed by atoms with E-state index in [4.69, 9.17) is 9.84 Å². The quantitative estimate of drug-likeness (QED) is 0.843. The predicted octanol–water partition coefficient (Wildman–Crippen LogP) is 4.35. The Kier molecular flexibility index (Phi) is 5.53. The molecule has 0 heterocycles. The maximum Gasteiger partial charge on any atom is 0.310 e. The first kappa shape index (κ1) is 15.7. The van der Waals surface area contributed by atoms with Gasteiger partial charge in [0.2, 0.25) is 0 Å². The molecule has 0 saturated carbocycles. The molecule has 0 bridgehead atoms. The number of rotatable bonds is 6. The fourth-order valence-corrected chi connectivity index (χ4v) is 2.41. The lowest BCUT2D eigenvalue weighted by Crippen LogP contribution is -2.07. The van der Waals surface area contributed by atoms with Gasteiger partial charge in [0, 0.05) is 4.47 Å². The molecule has 0 spiro atoms. The highest BCUT2D eigenvalue weighted by atomic mass is 79.9. The summed E-state index contributed by atoms with van der Waals surface area (Å²) in [6, 6.07) is 15.5. The number of hydrogen-bond donors (Lipinski definition) is 1. The third kappa shape index (κ3) is 4.69. The third-order valence-electron chi connectivity index (χ3n) is 3.28. The largest absolute Gasteiger partial charge is 0.481 e. The molecule has 21 heavy (non-hydrogen) atoms. The van der Waals surface area contributed by atoms with E-state index in [-0.39, 0.29) is 0 Å². The molecule has 2 aromatic carbocycles. The number of aliphatic carboxylic acids is 1. The Labute approximate surface area is 132 Å². The highest BCUT2D eigenvalue weighted by Crippen LogP contribution is 2.17. The second-order valence-electron chi connectivity index (χ2n) is 4.92. The van der Waals surface area contributed by atoms with E-state index < -0.39 is 11.9 Å². The smallest absolute Gasteiger partial charge is 0.310 e. The van der Waals surface area contributed by atoms with Crippen LogP contribution in [0.25, 0.3) is 0 Å². The molecule has 0 aliphatic heterocycles. The molecular weight excluding hydrogens is 332 g/mol. The lowest BCUT2D eigenvalue weighted by atomic mass is 10.0. The summed E-state index contributed by atoms with van der Waals surface area (Å²) in [6.07, 6.45) is 0. The molecule has 1 atom stereocenters. The number of carboxylic acids is 1. The molecule has 2 aromatic rings. The molecule has 1 unspecified atom stereocenters. The average molecular weight is 349 g/mol. The summed E-state index contributed by atoms with van der Waals surface area (Å²) in [5, 5.41) is 8.97. The molecule has 4 heteroatoms. The minimum absolute atomic E-state index is 0.485. The van der Waals surface area contributed by atoms with Crippen molar-refractivity contribution in [3.63, 3.8) is 0 Å². The van der Waals surface area contributed by atoms with Gasteiger partial charge in [0.05, 0.1) is 19.1 Å². The normalized spacial score (nSPS) is 12.1. The average Bonchev–Trinajstić information content (AvgIpc) is 2.47. The van der Waals surface area contributed by atoms with E-state index in [1.807, 2.05) is 48.5 Å². The van der Waals surface area contributed by atoms with Crippen LogP contribution in [0.1, 0.15) is 29.5 Å². The van der Waals surface area contributed by atoms with Crippen LogP contribution < -0.4 is 0 Å². The maximum absolute atomic E-state index is 10.9. The minimum Gasteiger partial charge on any atom is -0.481 e. The van der Waals surface area contributed by atoms with Crippen LogP contribution in [-0.2, 0) is 22.7 Å². The molecule has 0 aliphatic carbocycles. The van der Waals surface area contributed by atoms with E-state index >= 15 is 0 Å². The van der Waals surface area contributed by atoms with Gasteiger partial charge in [-0.1, -0.05) is 52.3 Å². The zero-order valence-electron chi connectivity index (χ0n) is 11.8. The summed E-state index contributed by atoms with van der Waals surface area (Å²) in [7, 11) is 0. The van der Waals surface area contributed by atoms with Crippen LogP contribution in [0, 0.1) is 0 Å². The summed E-state index contributed by atoms with van der Waals surface area (Å²) < 4.78 is 6.71. The summed E-state index contributed by atoms with van der Waals surface area (Å²) >= 11 is 3.43. The van der Waals surface area contributed by atoms with Crippen molar-refractivity contribution in [3.05, 3.63) is 69.7 Å². The second kappa shape index (κ2) is 7.38. The molecule has 0 aliphatic rings.